The van der Waals surface area contributed by atoms with Crippen LogP contribution in [0.5, 0.6) is 0 Å². The van der Waals surface area contributed by atoms with Crippen LogP contribution in [0.15, 0.2) is 10.7 Å². The van der Waals surface area contributed by atoms with Gasteiger partial charge in [-0.05, 0) is 34.5 Å². The van der Waals surface area contributed by atoms with E-state index < -0.39 is 5.97 Å². The molecule has 14 heavy (non-hydrogen) atoms. The number of methoxy groups -OCH3 is 1. The van der Waals surface area contributed by atoms with Crippen LogP contribution in [0.3, 0.4) is 0 Å². The Bertz CT molecular complexity index is 365. The van der Waals surface area contributed by atoms with Gasteiger partial charge in [0, 0.05) is 12.8 Å². The zero-order valence-electron chi connectivity index (χ0n) is 7.87. The fourth-order valence-corrected chi connectivity index (χ4v) is 1.90. The first-order valence-corrected chi connectivity index (χ1v) is 4.73. The summed E-state index contributed by atoms with van der Waals surface area (Å²) in [6.07, 6.45) is 0. The van der Waals surface area contributed by atoms with Gasteiger partial charge in [-0.3, -0.25) is 0 Å². The smallest absolute Gasteiger partial charge is 0.338 e. The van der Waals surface area contributed by atoms with Gasteiger partial charge in [-0.25, -0.2) is 9.78 Å². The number of aromatic nitrogens is 1. The molecule has 4 nitrogen and oxygen atoms in total. The number of aromatic carboxylic acids is 1. The van der Waals surface area contributed by atoms with Crippen LogP contribution in [0.2, 0.25) is 0 Å². The van der Waals surface area contributed by atoms with Gasteiger partial charge in [0.1, 0.15) is 4.60 Å². The summed E-state index contributed by atoms with van der Waals surface area (Å²) in [5.41, 5.74) is 1.55. The second-order valence-electron chi connectivity index (χ2n) is 2.83. The number of hydrogen-bond acceptors (Lipinski definition) is 3. The zero-order chi connectivity index (χ0) is 10.7. The molecular formula is C9H10BrNO3. The fourth-order valence-electron chi connectivity index (χ4n) is 1.19. The quantitative estimate of drug-likeness (QED) is 0.844. The van der Waals surface area contributed by atoms with E-state index in [1.807, 2.05) is 0 Å². The molecule has 0 saturated heterocycles. The van der Waals surface area contributed by atoms with Crippen molar-refractivity contribution in [2.24, 2.45) is 0 Å². The summed E-state index contributed by atoms with van der Waals surface area (Å²) in [6, 6.07) is 1.71. The Kier molecular flexibility index (Phi) is 3.60. The molecule has 0 aromatic carbocycles. The van der Waals surface area contributed by atoms with E-state index >= 15 is 0 Å². The van der Waals surface area contributed by atoms with Crippen LogP contribution in [0, 0.1) is 6.92 Å². The lowest BCUT2D eigenvalue weighted by molar-refractivity contribution is 0.0690. The van der Waals surface area contributed by atoms with Crippen molar-refractivity contribution in [3.05, 3.63) is 27.5 Å². The molecule has 0 aliphatic rings. The molecule has 1 aromatic heterocycles. The predicted molar refractivity (Wildman–Crippen MR) is 54.3 cm³/mol. The normalized spacial score (nSPS) is 10.2. The van der Waals surface area contributed by atoms with Gasteiger partial charge < -0.3 is 9.84 Å². The highest BCUT2D eigenvalue weighted by atomic mass is 79.9. The van der Waals surface area contributed by atoms with Crippen molar-refractivity contribution in [3.8, 4) is 0 Å². The Labute approximate surface area is 90.0 Å². The van der Waals surface area contributed by atoms with E-state index in [1.54, 1.807) is 13.0 Å². The molecule has 0 amide bonds. The Morgan fingerprint density at radius 3 is 2.86 bits per heavy atom. The van der Waals surface area contributed by atoms with Crippen LogP contribution in [0.4, 0.5) is 0 Å². The highest BCUT2D eigenvalue weighted by molar-refractivity contribution is 9.10. The number of ether oxygens (including phenoxy) is 1. The largest absolute Gasteiger partial charge is 0.478 e. The van der Waals surface area contributed by atoms with Gasteiger partial charge in [0.2, 0.25) is 0 Å². The number of carbonyl (C=O) groups is 1. The molecular weight excluding hydrogens is 250 g/mol. The Morgan fingerprint density at radius 2 is 2.36 bits per heavy atom. The molecule has 1 heterocycles. The number of hydrogen-bond donors (Lipinski definition) is 1. The van der Waals surface area contributed by atoms with Crippen molar-refractivity contribution in [1.82, 2.24) is 4.98 Å². The molecule has 1 aromatic rings. The Balaban J connectivity index is 3.28. The van der Waals surface area contributed by atoms with E-state index in [0.29, 0.717) is 10.2 Å². The molecule has 0 aliphatic carbocycles. The summed E-state index contributed by atoms with van der Waals surface area (Å²) in [6.45, 7) is 2.07. The maximum atomic E-state index is 10.9. The third kappa shape index (κ3) is 2.30. The van der Waals surface area contributed by atoms with Gasteiger partial charge in [0.05, 0.1) is 12.2 Å². The second kappa shape index (κ2) is 4.52. The highest BCUT2D eigenvalue weighted by Gasteiger charge is 2.15. The average Bonchev–Trinajstić information content (AvgIpc) is 2.01. The maximum Gasteiger partial charge on any atom is 0.338 e. The monoisotopic (exact) mass is 259 g/mol. The van der Waals surface area contributed by atoms with Gasteiger partial charge in [-0.15, -0.1) is 0 Å². The number of rotatable bonds is 3. The SMILES string of the molecule is COCc1cc(C)nc(Br)c1C(=O)O. The molecule has 5 heteroatoms. The average molecular weight is 260 g/mol. The van der Waals surface area contributed by atoms with Crippen molar-refractivity contribution >= 4 is 21.9 Å². The number of pyridine rings is 1. The third-order valence-corrected chi connectivity index (χ3v) is 2.27. The van der Waals surface area contributed by atoms with Crippen molar-refractivity contribution in [1.29, 1.82) is 0 Å². The molecule has 0 saturated carbocycles. The van der Waals surface area contributed by atoms with Gasteiger partial charge >= 0.3 is 5.97 Å². The molecule has 0 atom stereocenters. The summed E-state index contributed by atoms with van der Waals surface area (Å²) in [5, 5.41) is 8.94. The summed E-state index contributed by atoms with van der Waals surface area (Å²) >= 11 is 3.12. The summed E-state index contributed by atoms with van der Waals surface area (Å²) in [7, 11) is 1.52. The molecule has 1 N–H and O–H groups in total. The standard InChI is InChI=1S/C9H10BrNO3/c1-5-3-6(4-14-2)7(9(12)13)8(10)11-5/h3H,4H2,1-2H3,(H,12,13). The number of nitrogens with zero attached hydrogens (tertiary/aromatic N) is 1. The van der Waals surface area contributed by atoms with Crippen LogP contribution in [-0.4, -0.2) is 23.2 Å². The first kappa shape index (κ1) is 11.1. The first-order valence-electron chi connectivity index (χ1n) is 3.94. The second-order valence-corrected chi connectivity index (χ2v) is 3.58. The number of carboxylic acid groups (broad SMARTS) is 1. The molecule has 0 bridgehead atoms. The Morgan fingerprint density at radius 1 is 1.71 bits per heavy atom. The van der Waals surface area contributed by atoms with Crippen molar-refractivity contribution in [2.75, 3.05) is 7.11 Å². The minimum absolute atomic E-state index is 0.164. The molecule has 76 valence electrons. The first-order chi connectivity index (χ1) is 6.56. The Hall–Kier alpha value is -0.940. The van der Waals surface area contributed by atoms with E-state index in [0.717, 1.165) is 5.69 Å². The number of aryl methyl sites for hydroxylation is 1. The van der Waals surface area contributed by atoms with Crippen molar-refractivity contribution in [2.45, 2.75) is 13.5 Å². The maximum absolute atomic E-state index is 10.9. The van der Waals surface area contributed by atoms with E-state index in [-0.39, 0.29) is 12.2 Å². The summed E-state index contributed by atoms with van der Waals surface area (Å²) < 4.78 is 5.26. The highest BCUT2D eigenvalue weighted by Crippen LogP contribution is 2.20. The molecule has 0 spiro atoms. The van der Waals surface area contributed by atoms with Gasteiger partial charge in [-0.1, -0.05) is 0 Å². The molecule has 0 unspecified atom stereocenters. The fraction of sp³-hybridized carbons (Fsp3) is 0.333. The zero-order valence-corrected chi connectivity index (χ0v) is 9.46. The van der Waals surface area contributed by atoms with Crippen molar-refractivity contribution in [3.63, 3.8) is 0 Å². The van der Waals surface area contributed by atoms with Crippen molar-refractivity contribution < 1.29 is 14.6 Å². The van der Waals surface area contributed by atoms with Gasteiger partial charge in [-0.2, -0.15) is 0 Å². The molecule has 1 rings (SSSR count). The predicted octanol–water partition coefficient (Wildman–Crippen LogP) is 2.00. The topological polar surface area (TPSA) is 59.4 Å². The molecule has 0 fully saturated rings. The lowest BCUT2D eigenvalue weighted by Gasteiger charge is -2.07. The molecule has 0 radical (unpaired) electrons. The van der Waals surface area contributed by atoms with Crippen LogP contribution < -0.4 is 0 Å². The van der Waals surface area contributed by atoms with Gasteiger partial charge in [0.15, 0.2) is 0 Å². The van der Waals surface area contributed by atoms with Gasteiger partial charge in [0.25, 0.3) is 0 Å². The molecule has 0 aliphatic heterocycles. The van der Waals surface area contributed by atoms with Crippen LogP contribution in [0.25, 0.3) is 0 Å². The number of halogens is 1. The lowest BCUT2D eigenvalue weighted by atomic mass is 10.1. The lowest BCUT2D eigenvalue weighted by Crippen LogP contribution is -2.07. The minimum atomic E-state index is -1.00. The third-order valence-electron chi connectivity index (χ3n) is 1.70. The van der Waals surface area contributed by atoms with E-state index in [4.69, 9.17) is 9.84 Å². The van der Waals surface area contributed by atoms with E-state index in [2.05, 4.69) is 20.9 Å². The van der Waals surface area contributed by atoms with Crippen LogP contribution in [-0.2, 0) is 11.3 Å². The number of carboxylic acids is 1. The minimum Gasteiger partial charge on any atom is -0.478 e. The van der Waals surface area contributed by atoms with E-state index in [1.165, 1.54) is 7.11 Å². The van der Waals surface area contributed by atoms with E-state index in [9.17, 15) is 4.79 Å². The van der Waals surface area contributed by atoms with Crippen LogP contribution >= 0.6 is 15.9 Å². The summed E-state index contributed by atoms with van der Waals surface area (Å²) in [5.74, 6) is -1.00. The summed E-state index contributed by atoms with van der Waals surface area (Å²) in [4.78, 5) is 14.9. The van der Waals surface area contributed by atoms with Crippen LogP contribution in [0.1, 0.15) is 21.6 Å².